The summed E-state index contributed by atoms with van der Waals surface area (Å²) in [6, 6.07) is 16.3. The van der Waals surface area contributed by atoms with Gasteiger partial charge in [0.1, 0.15) is 17.1 Å². The number of nitrogens with one attached hydrogen (secondary N) is 1. The Labute approximate surface area is 193 Å². The summed E-state index contributed by atoms with van der Waals surface area (Å²) in [5.74, 6) is -0.787. The lowest BCUT2D eigenvalue weighted by Crippen LogP contribution is -2.64. The number of para-hydroxylation sites is 1. The summed E-state index contributed by atoms with van der Waals surface area (Å²) in [6.07, 6.45) is 6.51. The van der Waals surface area contributed by atoms with Crippen molar-refractivity contribution in [3.8, 4) is 0 Å². The molecule has 1 aliphatic carbocycles. The summed E-state index contributed by atoms with van der Waals surface area (Å²) >= 11 is 0. The molecule has 0 radical (unpaired) electrons. The second-order valence-corrected chi connectivity index (χ2v) is 9.59. The fourth-order valence-corrected chi connectivity index (χ4v) is 5.32. The molecule has 1 saturated carbocycles. The van der Waals surface area contributed by atoms with Crippen LogP contribution < -0.4 is 5.32 Å². The van der Waals surface area contributed by atoms with Crippen molar-refractivity contribution in [2.24, 2.45) is 0 Å². The molecule has 1 atom stereocenters. The third kappa shape index (κ3) is 3.92. The highest BCUT2D eigenvalue weighted by Crippen LogP contribution is 2.34. The Morgan fingerprint density at radius 2 is 1.76 bits per heavy atom. The van der Waals surface area contributed by atoms with Crippen LogP contribution in [0.5, 0.6) is 0 Å². The number of aromatic nitrogens is 1. The molecule has 1 aliphatic heterocycles. The van der Waals surface area contributed by atoms with E-state index in [-0.39, 0.29) is 30.2 Å². The van der Waals surface area contributed by atoms with Gasteiger partial charge in [-0.05, 0) is 38.0 Å². The zero-order valence-corrected chi connectivity index (χ0v) is 19.0. The largest absolute Gasteiger partial charge is 0.351 e. The zero-order valence-electron chi connectivity index (χ0n) is 19.0. The third-order valence-corrected chi connectivity index (χ3v) is 7.30. The normalized spacial score (nSPS) is 21.6. The number of rotatable bonds is 4. The van der Waals surface area contributed by atoms with Crippen LogP contribution in [-0.2, 0) is 17.9 Å². The van der Waals surface area contributed by atoms with E-state index in [1.807, 2.05) is 41.8 Å². The van der Waals surface area contributed by atoms with E-state index in [0.717, 1.165) is 36.6 Å². The Morgan fingerprint density at radius 3 is 2.52 bits per heavy atom. The first-order chi connectivity index (χ1) is 16.0. The number of amides is 2. The number of fused-ring (bicyclic) bond motifs is 3. The molecular formula is C27H30FN3O2. The number of carbonyl (C=O) groups is 2. The van der Waals surface area contributed by atoms with Gasteiger partial charge in [0.2, 0.25) is 5.91 Å². The van der Waals surface area contributed by atoms with Crippen LogP contribution in [0.1, 0.15) is 61.5 Å². The summed E-state index contributed by atoms with van der Waals surface area (Å²) in [6.45, 7) is 2.19. The Kier molecular flexibility index (Phi) is 5.69. The highest BCUT2D eigenvalue weighted by Gasteiger charge is 2.48. The summed E-state index contributed by atoms with van der Waals surface area (Å²) in [4.78, 5) is 29.1. The molecular weight excluding hydrogens is 417 g/mol. The van der Waals surface area contributed by atoms with Crippen molar-refractivity contribution < 1.29 is 14.0 Å². The smallest absolute Gasteiger partial charge is 0.271 e. The second-order valence-electron chi connectivity index (χ2n) is 9.59. The maximum Gasteiger partial charge on any atom is 0.271 e. The lowest BCUT2D eigenvalue weighted by Gasteiger charge is -2.44. The van der Waals surface area contributed by atoms with Crippen LogP contribution >= 0.6 is 0 Å². The number of hydrogen-bond acceptors (Lipinski definition) is 2. The molecule has 0 spiro atoms. The van der Waals surface area contributed by atoms with Crippen LogP contribution in [0.2, 0.25) is 0 Å². The minimum atomic E-state index is -1.14. The highest BCUT2D eigenvalue weighted by atomic mass is 19.1. The monoisotopic (exact) mass is 447 g/mol. The number of hydrogen-bond donors (Lipinski definition) is 1. The third-order valence-electron chi connectivity index (χ3n) is 7.30. The molecule has 2 heterocycles. The van der Waals surface area contributed by atoms with E-state index < -0.39 is 5.54 Å². The minimum absolute atomic E-state index is 0.0433. The van der Waals surface area contributed by atoms with Crippen LogP contribution in [0.3, 0.4) is 0 Å². The molecule has 1 fully saturated rings. The zero-order chi connectivity index (χ0) is 23.0. The van der Waals surface area contributed by atoms with E-state index in [0.29, 0.717) is 17.8 Å². The van der Waals surface area contributed by atoms with Crippen molar-refractivity contribution >= 4 is 22.7 Å². The van der Waals surface area contributed by atoms with Gasteiger partial charge in [0.15, 0.2) is 0 Å². The van der Waals surface area contributed by atoms with Crippen LogP contribution in [0.25, 0.3) is 10.9 Å². The van der Waals surface area contributed by atoms with Crippen LogP contribution in [0, 0.1) is 5.82 Å². The Balaban J connectivity index is 1.55. The summed E-state index contributed by atoms with van der Waals surface area (Å²) in [5.41, 5.74) is 0.733. The van der Waals surface area contributed by atoms with Gasteiger partial charge in [0, 0.05) is 22.5 Å². The number of carbonyl (C=O) groups excluding carboxylic acids is 2. The van der Waals surface area contributed by atoms with Crippen molar-refractivity contribution in [3.63, 3.8) is 0 Å². The predicted octanol–water partition coefficient (Wildman–Crippen LogP) is 5.03. The van der Waals surface area contributed by atoms with Crippen LogP contribution in [0.15, 0.2) is 54.6 Å². The summed E-state index contributed by atoms with van der Waals surface area (Å²) in [5, 5.41) is 4.21. The average Bonchev–Trinajstić information content (AvgIpc) is 2.98. The molecule has 2 aromatic carbocycles. The molecule has 33 heavy (non-hydrogen) atoms. The van der Waals surface area contributed by atoms with Gasteiger partial charge in [-0.3, -0.25) is 9.59 Å². The van der Waals surface area contributed by atoms with E-state index in [4.69, 9.17) is 0 Å². The molecule has 2 amide bonds. The van der Waals surface area contributed by atoms with Crippen molar-refractivity contribution in [1.82, 2.24) is 14.8 Å². The quantitative estimate of drug-likeness (QED) is 0.570. The molecule has 0 saturated heterocycles. The fraction of sp³-hybridized carbons (Fsp3) is 0.407. The average molecular weight is 448 g/mol. The van der Waals surface area contributed by atoms with E-state index in [1.54, 1.807) is 23.1 Å². The maximum atomic E-state index is 14.6. The predicted molar refractivity (Wildman–Crippen MR) is 126 cm³/mol. The van der Waals surface area contributed by atoms with Crippen LogP contribution in [-0.4, -0.2) is 32.9 Å². The molecule has 2 aliphatic rings. The van der Waals surface area contributed by atoms with Gasteiger partial charge in [-0.2, -0.15) is 0 Å². The topological polar surface area (TPSA) is 54.3 Å². The molecule has 5 rings (SSSR count). The Bertz CT molecular complexity index is 1200. The van der Waals surface area contributed by atoms with E-state index in [1.165, 1.54) is 18.9 Å². The SMILES string of the molecule is C[C@@]1(C(=O)NC2CCCCCC2)Cn2c(cc3ccccc32)C(=O)N1Cc1ccccc1F. The molecule has 0 bridgehead atoms. The van der Waals surface area contributed by atoms with E-state index in [9.17, 15) is 14.0 Å². The van der Waals surface area contributed by atoms with Gasteiger partial charge in [-0.15, -0.1) is 0 Å². The first kappa shape index (κ1) is 21.7. The fourth-order valence-electron chi connectivity index (χ4n) is 5.32. The molecule has 0 unspecified atom stereocenters. The van der Waals surface area contributed by atoms with E-state index in [2.05, 4.69) is 5.32 Å². The van der Waals surface area contributed by atoms with Gasteiger partial charge in [-0.1, -0.05) is 62.1 Å². The molecule has 172 valence electrons. The molecule has 6 heteroatoms. The number of nitrogens with zero attached hydrogens (tertiary/aromatic N) is 2. The van der Waals surface area contributed by atoms with Gasteiger partial charge in [0.25, 0.3) is 5.91 Å². The maximum absolute atomic E-state index is 14.6. The molecule has 1 N–H and O–H groups in total. The van der Waals surface area contributed by atoms with E-state index >= 15 is 0 Å². The second kappa shape index (κ2) is 8.65. The van der Waals surface area contributed by atoms with Crippen molar-refractivity contribution in [1.29, 1.82) is 0 Å². The molecule has 3 aromatic rings. The summed E-state index contributed by atoms with van der Waals surface area (Å²) in [7, 11) is 0. The van der Waals surface area contributed by atoms with Gasteiger partial charge < -0.3 is 14.8 Å². The van der Waals surface area contributed by atoms with Gasteiger partial charge in [-0.25, -0.2) is 4.39 Å². The van der Waals surface area contributed by atoms with Crippen LogP contribution in [0.4, 0.5) is 4.39 Å². The first-order valence-corrected chi connectivity index (χ1v) is 11.9. The first-order valence-electron chi connectivity index (χ1n) is 11.9. The number of benzene rings is 2. The van der Waals surface area contributed by atoms with Crippen molar-refractivity contribution in [3.05, 3.63) is 71.7 Å². The highest BCUT2D eigenvalue weighted by molar-refractivity contribution is 6.03. The Morgan fingerprint density at radius 1 is 1.06 bits per heavy atom. The van der Waals surface area contributed by atoms with Crippen molar-refractivity contribution in [2.45, 2.75) is 70.1 Å². The Hall–Kier alpha value is -3.15. The van der Waals surface area contributed by atoms with Crippen molar-refractivity contribution in [2.75, 3.05) is 0 Å². The lowest BCUT2D eigenvalue weighted by molar-refractivity contribution is -0.134. The van der Waals surface area contributed by atoms with Gasteiger partial charge in [0.05, 0.1) is 13.1 Å². The molecule has 1 aromatic heterocycles. The minimum Gasteiger partial charge on any atom is -0.351 e. The standard InChI is InChI=1S/C27H30FN3O2/c1-27(26(33)29-21-12-4-2-3-5-13-21)18-30-23-15-9-7-10-19(23)16-24(30)25(32)31(27)17-20-11-6-8-14-22(20)28/h6-11,14-16,21H,2-5,12-13,17-18H2,1H3,(H,29,33)/t27-/m0/s1. The summed E-state index contributed by atoms with van der Waals surface area (Å²) < 4.78 is 16.5. The van der Waals surface area contributed by atoms with Gasteiger partial charge >= 0.3 is 0 Å². The lowest BCUT2D eigenvalue weighted by atomic mass is 9.93. The number of halogens is 1. The molecule has 5 nitrogen and oxygen atoms in total.